The first kappa shape index (κ1) is 17.7. The quantitative estimate of drug-likeness (QED) is 0.282. The van der Waals surface area contributed by atoms with Crippen molar-refractivity contribution in [1.82, 2.24) is 4.57 Å². The van der Waals surface area contributed by atoms with E-state index in [2.05, 4.69) is 51.3 Å². The van der Waals surface area contributed by atoms with Gasteiger partial charge in [-0.25, -0.2) is 4.99 Å². The van der Waals surface area contributed by atoms with Crippen LogP contribution in [0.2, 0.25) is 0 Å². The van der Waals surface area contributed by atoms with Crippen LogP contribution in [0, 0.1) is 15.3 Å². The highest BCUT2D eigenvalue weighted by Gasteiger charge is 2.09. The standard InChI is InChI=1S/C13H10BrN3S2.C6H4/c1-2-17-12(11(7-15)19-13(17)18)16-8-9-3-5-10(14)6-4-9;1-2-5-4-6(5)3-1/h3-6,8H,2H2,1H3;1-4H. The van der Waals surface area contributed by atoms with Crippen molar-refractivity contribution in [1.29, 1.82) is 5.26 Å². The van der Waals surface area contributed by atoms with Crippen molar-refractivity contribution in [3.8, 4) is 17.2 Å². The molecule has 4 rings (SSSR count). The number of aliphatic imine (C=N–C) groups is 1. The molecule has 124 valence electrons. The SMILES string of the molecule is CCn1c(N=Cc2ccc(Br)cc2)c(C#N)sc1=S.c1cc2cc-2c1. The summed E-state index contributed by atoms with van der Waals surface area (Å²) in [6, 6.07) is 18.4. The molecule has 0 amide bonds. The molecule has 3 nitrogen and oxygen atoms in total. The third-order valence-electron chi connectivity index (χ3n) is 3.60. The Morgan fingerprint density at radius 2 is 1.92 bits per heavy atom. The fourth-order valence-corrected chi connectivity index (χ4v) is 3.77. The number of benzene rings is 2. The Kier molecular flexibility index (Phi) is 5.59. The van der Waals surface area contributed by atoms with Crippen LogP contribution in [0.3, 0.4) is 0 Å². The number of hydrogen-bond acceptors (Lipinski definition) is 4. The van der Waals surface area contributed by atoms with Crippen molar-refractivity contribution in [2.45, 2.75) is 13.5 Å². The molecule has 2 aliphatic carbocycles. The molecule has 0 atom stereocenters. The summed E-state index contributed by atoms with van der Waals surface area (Å²) >= 11 is 9.91. The van der Waals surface area contributed by atoms with Gasteiger partial charge < -0.3 is 4.57 Å². The van der Waals surface area contributed by atoms with E-state index in [9.17, 15) is 0 Å². The van der Waals surface area contributed by atoms with E-state index < -0.39 is 0 Å². The minimum Gasteiger partial charge on any atom is -0.307 e. The van der Waals surface area contributed by atoms with Crippen LogP contribution < -0.4 is 0 Å². The molecule has 1 aromatic carbocycles. The molecule has 0 radical (unpaired) electrons. The van der Waals surface area contributed by atoms with E-state index in [0.717, 1.165) is 10.0 Å². The van der Waals surface area contributed by atoms with Crippen LogP contribution in [0.1, 0.15) is 17.4 Å². The average molecular weight is 428 g/mol. The first-order chi connectivity index (χ1) is 12.1. The molecule has 0 fully saturated rings. The second kappa shape index (κ2) is 7.87. The van der Waals surface area contributed by atoms with Gasteiger partial charge in [0.2, 0.25) is 0 Å². The number of aromatic nitrogens is 1. The van der Waals surface area contributed by atoms with Crippen molar-refractivity contribution in [3.05, 3.63) is 67.4 Å². The minimum atomic E-state index is 0.556. The Morgan fingerprint density at radius 1 is 1.24 bits per heavy atom. The van der Waals surface area contributed by atoms with Crippen LogP contribution in [-0.2, 0) is 6.54 Å². The molecule has 0 unspecified atom stereocenters. The van der Waals surface area contributed by atoms with Gasteiger partial charge in [-0.3, -0.25) is 0 Å². The Morgan fingerprint density at radius 3 is 2.40 bits per heavy atom. The summed E-state index contributed by atoms with van der Waals surface area (Å²) in [5, 5.41) is 9.11. The van der Waals surface area contributed by atoms with Gasteiger partial charge in [0.1, 0.15) is 6.07 Å². The molecule has 0 bridgehead atoms. The van der Waals surface area contributed by atoms with E-state index >= 15 is 0 Å². The van der Waals surface area contributed by atoms with Crippen molar-refractivity contribution in [2.75, 3.05) is 0 Å². The molecule has 1 aromatic heterocycles. The van der Waals surface area contributed by atoms with E-state index in [4.69, 9.17) is 17.5 Å². The van der Waals surface area contributed by atoms with Crippen LogP contribution in [0.4, 0.5) is 5.82 Å². The fraction of sp³-hybridized carbons (Fsp3) is 0.105. The van der Waals surface area contributed by atoms with E-state index in [1.807, 2.05) is 35.8 Å². The highest BCUT2D eigenvalue weighted by Crippen LogP contribution is 2.32. The molecule has 0 saturated carbocycles. The van der Waals surface area contributed by atoms with Crippen molar-refractivity contribution in [2.24, 2.45) is 4.99 Å². The molecule has 2 aliphatic rings. The van der Waals surface area contributed by atoms with Gasteiger partial charge in [-0.15, -0.1) is 0 Å². The van der Waals surface area contributed by atoms with Gasteiger partial charge in [-0.1, -0.05) is 57.6 Å². The average Bonchev–Trinajstić information content (AvgIpc) is 3.09. The molecule has 25 heavy (non-hydrogen) atoms. The topological polar surface area (TPSA) is 41.1 Å². The Balaban J connectivity index is 0.000000250. The Hall–Kier alpha value is -2.07. The number of thiazole rings is 1. The van der Waals surface area contributed by atoms with Crippen molar-refractivity contribution in [3.63, 3.8) is 0 Å². The van der Waals surface area contributed by atoms with Gasteiger partial charge in [0.05, 0.1) is 0 Å². The number of fused-ring (bicyclic) bond motifs is 1. The number of halogens is 1. The lowest BCUT2D eigenvalue weighted by Gasteiger charge is -2.00. The molecule has 0 spiro atoms. The van der Waals surface area contributed by atoms with E-state index in [1.165, 1.54) is 22.5 Å². The zero-order valence-corrected chi connectivity index (χ0v) is 16.7. The van der Waals surface area contributed by atoms with Gasteiger partial charge in [-0.05, 0) is 54.0 Å². The molecule has 0 saturated heterocycles. The largest absolute Gasteiger partial charge is 0.307 e. The molecule has 1 heterocycles. The van der Waals surface area contributed by atoms with E-state index in [1.54, 1.807) is 6.21 Å². The normalized spacial score (nSPS) is 10.9. The van der Waals surface area contributed by atoms with Crippen LogP contribution in [0.5, 0.6) is 0 Å². The molecule has 6 heteroatoms. The number of nitrogens with zero attached hydrogens (tertiary/aromatic N) is 3. The molecule has 2 aromatic rings. The second-order valence-corrected chi connectivity index (χ2v) is 7.83. The maximum absolute atomic E-state index is 9.11. The van der Waals surface area contributed by atoms with E-state index in [-0.39, 0.29) is 0 Å². The van der Waals surface area contributed by atoms with Crippen molar-refractivity contribution < 1.29 is 0 Å². The summed E-state index contributed by atoms with van der Waals surface area (Å²) in [4.78, 5) is 4.97. The number of rotatable bonds is 3. The predicted octanol–water partition coefficient (Wildman–Crippen LogP) is 6.35. The Bertz CT molecular complexity index is 1010. The third kappa shape index (κ3) is 4.31. The van der Waals surface area contributed by atoms with Crippen molar-refractivity contribution >= 4 is 51.5 Å². The van der Waals surface area contributed by atoms with Gasteiger partial charge >= 0.3 is 0 Å². The maximum Gasteiger partial charge on any atom is 0.164 e. The molecule has 0 aliphatic heterocycles. The molecular formula is C19H14BrN3S2. The predicted molar refractivity (Wildman–Crippen MR) is 110 cm³/mol. The highest BCUT2D eigenvalue weighted by molar-refractivity contribution is 9.10. The van der Waals surface area contributed by atoms with Gasteiger partial charge in [0.25, 0.3) is 0 Å². The van der Waals surface area contributed by atoms with E-state index in [0.29, 0.717) is 21.2 Å². The van der Waals surface area contributed by atoms with Gasteiger partial charge in [0, 0.05) is 17.2 Å². The Labute approximate surface area is 164 Å². The summed E-state index contributed by atoms with van der Waals surface area (Å²) in [5.74, 6) is 0.642. The highest BCUT2D eigenvalue weighted by atomic mass is 79.9. The summed E-state index contributed by atoms with van der Waals surface area (Å²) < 4.78 is 3.57. The monoisotopic (exact) mass is 427 g/mol. The van der Waals surface area contributed by atoms with Crippen LogP contribution in [0.15, 0.2) is 58.0 Å². The number of hydrogen-bond donors (Lipinski definition) is 0. The summed E-state index contributed by atoms with van der Waals surface area (Å²) in [7, 11) is 0. The number of nitriles is 1. The summed E-state index contributed by atoms with van der Waals surface area (Å²) in [6.45, 7) is 2.70. The lowest BCUT2D eigenvalue weighted by Crippen LogP contribution is -1.93. The van der Waals surface area contributed by atoms with Crippen LogP contribution in [-0.4, -0.2) is 10.8 Å². The van der Waals surface area contributed by atoms with Crippen LogP contribution >= 0.6 is 39.5 Å². The first-order valence-corrected chi connectivity index (χ1v) is 9.68. The summed E-state index contributed by atoms with van der Waals surface area (Å²) in [5.41, 5.74) is 3.83. The lowest BCUT2D eigenvalue weighted by atomic mass is 10.2. The smallest absolute Gasteiger partial charge is 0.164 e. The lowest BCUT2D eigenvalue weighted by molar-refractivity contribution is 0.766. The molecular weight excluding hydrogens is 414 g/mol. The molecule has 0 N–H and O–H groups in total. The minimum absolute atomic E-state index is 0.556. The zero-order chi connectivity index (χ0) is 17.8. The fourth-order valence-electron chi connectivity index (χ4n) is 2.24. The van der Waals surface area contributed by atoms with Gasteiger partial charge in [0.15, 0.2) is 14.6 Å². The van der Waals surface area contributed by atoms with Crippen LogP contribution in [0.25, 0.3) is 11.1 Å². The second-order valence-electron chi connectivity index (χ2n) is 5.27. The third-order valence-corrected chi connectivity index (χ3v) is 5.48. The zero-order valence-electron chi connectivity index (χ0n) is 13.4. The maximum atomic E-state index is 9.11. The van der Waals surface area contributed by atoms with Gasteiger partial charge in [-0.2, -0.15) is 5.26 Å². The summed E-state index contributed by atoms with van der Waals surface area (Å²) in [6.07, 6.45) is 1.75. The first-order valence-electron chi connectivity index (χ1n) is 7.66.